The summed E-state index contributed by atoms with van der Waals surface area (Å²) in [4.78, 5) is 29.6. The number of amides is 2. The molecule has 1 atom stereocenters. The Morgan fingerprint density at radius 3 is 2.21 bits per heavy atom. The summed E-state index contributed by atoms with van der Waals surface area (Å²) in [5.74, 6) is -0.354. The Morgan fingerprint density at radius 1 is 0.930 bits per heavy atom. The summed E-state index contributed by atoms with van der Waals surface area (Å²) in [5.41, 5.74) is 2.35. The molecule has 0 heterocycles. The van der Waals surface area contributed by atoms with Crippen molar-refractivity contribution in [1.82, 2.24) is 10.2 Å². The molecule has 3 aromatic carbocycles. The zero-order valence-corrected chi connectivity index (χ0v) is 27.6. The minimum absolute atomic E-state index is 0.0815. The highest BCUT2D eigenvalue weighted by Crippen LogP contribution is 2.23. The van der Waals surface area contributed by atoms with Crippen molar-refractivity contribution in [3.05, 3.63) is 99.5 Å². The van der Waals surface area contributed by atoms with Crippen molar-refractivity contribution in [1.29, 1.82) is 0 Å². The van der Waals surface area contributed by atoms with Crippen LogP contribution < -0.4 is 9.62 Å². The van der Waals surface area contributed by atoms with E-state index in [-0.39, 0.29) is 43.8 Å². The largest absolute Gasteiger partial charge is 0.352 e. The predicted molar refractivity (Wildman–Crippen MR) is 177 cm³/mol. The molecule has 10 heteroatoms. The quantitative estimate of drug-likeness (QED) is 0.216. The number of nitrogens with one attached hydrogen (secondary N) is 1. The maximum Gasteiger partial charge on any atom is 0.243 e. The zero-order chi connectivity index (χ0) is 30.8. The molecule has 1 saturated carbocycles. The fourth-order valence-electron chi connectivity index (χ4n) is 5.50. The van der Waals surface area contributed by atoms with Gasteiger partial charge < -0.3 is 10.2 Å². The molecule has 0 radical (unpaired) electrons. The highest BCUT2D eigenvalue weighted by atomic mass is 79.9. The van der Waals surface area contributed by atoms with Crippen LogP contribution in [0.3, 0.4) is 0 Å². The van der Waals surface area contributed by atoms with Crippen molar-refractivity contribution in [3.63, 3.8) is 0 Å². The van der Waals surface area contributed by atoms with Crippen molar-refractivity contribution in [2.75, 3.05) is 17.1 Å². The molecule has 0 saturated heterocycles. The van der Waals surface area contributed by atoms with Crippen LogP contribution in [0.25, 0.3) is 0 Å². The third kappa shape index (κ3) is 10.1. The van der Waals surface area contributed by atoms with Crippen LogP contribution in [0, 0.1) is 0 Å². The summed E-state index contributed by atoms with van der Waals surface area (Å²) >= 11 is 9.48. The third-order valence-electron chi connectivity index (χ3n) is 7.76. The summed E-state index contributed by atoms with van der Waals surface area (Å²) in [5, 5.41) is 3.76. The summed E-state index contributed by atoms with van der Waals surface area (Å²) in [6.07, 6.45) is 7.12. The number of nitrogens with zero attached hydrogens (tertiary/aromatic N) is 2. The molecule has 0 unspecified atom stereocenters. The number of hydrogen-bond donors (Lipinski definition) is 1. The van der Waals surface area contributed by atoms with Gasteiger partial charge in [0.2, 0.25) is 21.8 Å². The smallest absolute Gasteiger partial charge is 0.243 e. The van der Waals surface area contributed by atoms with Gasteiger partial charge in [0, 0.05) is 41.5 Å². The average Bonchev–Trinajstić information content (AvgIpc) is 2.99. The van der Waals surface area contributed by atoms with E-state index >= 15 is 0 Å². The predicted octanol–water partition coefficient (Wildman–Crippen LogP) is 6.74. The summed E-state index contributed by atoms with van der Waals surface area (Å²) in [6, 6.07) is 23.4. The first-order valence-corrected chi connectivity index (χ1v) is 17.7. The van der Waals surface area contributed by atoms with Crippen molar-refractivity contribution in [3.8, 4) is 0 Å². The van der Waals surface area contributed by atoms with Crippen molar-refractivity contribution in [2.24, 2.45) is 0 Å². The Kier molecular flexibility index (Phi) is 12.1. The second-order valence-electron chi connectivity index (χ2n) is 11.1. The van der Waals surface area contributed by atoms with E-state index in [9.17, 15) is 18.0 Å². The number of rotatable bonds is 13. The first-order chi connectivity index (χ1) is 20.6. The number of sulfonamides is 1. The Labute approximate surface area is 268 Å². The van der Waals surface area contributed by atoms with Gasteiger partial charge >= 0.3 is 0 Å². The first-order valence-electron chi connectivity index (χ1n) is 14.7. The Bertz CT molecular complexity index is 1450. The van der Waals surface area contributed by atoms with Crippen LogP contribution in [0.4, 0.5) is 5.69 Å². The molecule has 4 rings (SSSR count). The van der Waals surface area contributed by atoms with Crippen LogP contribution in [0.2, 0.25) is 5.02 Å². The number of anilines is 1. The molecule has 0 bridgehead atoms. The number of carbonyl (C=O) groups is 2. The van der Waals surface area contributed by atoms with Gasteiger partial charge in [-0.3, -0.25) is 13.9 Å². The lowest BCUT2D eigenvalue weighted by Gasteiger charge is -2.34. The molecule has 0 aliphatic heterocycles. The van der Waals surface area contributed by atoms with Crippen molar-refractivity contribution < 1.29 is 18.0 Å². The van der Waals surface area contributed by atoms with Gasteiger partial charge in [0.15, 0.2) is 0 Å². The molecule has 7 nitrogen and oxygen atoms in total. The number of halogens is 2. The topological polar surface area (TPSA) is 86.8 Å². The van der Waals surface area contributed by atoms with E-state index in [0.29, 0.717) is 17.1 Å². The molecule has 1 aliphatic rings. The van der Waals surface area contributed by atoms with Crippen LogP contribution in [0.5, 0.6) is 0 Å². The number of benzene rings is 3. The Balaban J connectivity index is 1.58. The molecule has 2 amide bonds. The minimum atomic E-state index is -3.59. The summed E-state index contributed by atoms with van der Waals surface area (Å²) in [6.45, 7) is 0.380. The van der Waals surface area contributed by atoms with E-state index in [0.717, 1.165) is 47.5 Å². The van der Waals surface area contributed by atoms with Crippen LogP contribution in [-0.4, -0.2) is 50.0 Å². The molecule has 43 heavy (non-hydrogen) atoms. The highest BCUT2D eigenvalue weighted by molar-refractivity contribution is 9.10. The van der Waals surface area contributed by atoms with Gasteiger partial charge in [0.1, 0.15) is 6.04 Å². The first kappa shape index (κ1) is 33.0. The summed E-state index contributed by atoms with van der Waals surface area (Å²) in [7, 11) is -3.59. The van der Waals surface area contributed by atoms with Gasteiger partial charge in [-0.25, -0.2) is 8.42 Å². The van der Waals surface area contributed by atoms with Gasteiger partial charge in [-0.1, -0.05) is 89.3 Å². The molecule has 1 aliphatic carbocycles. The fraction of sp³-hybridized carbons (Fsp3) is 0.394. The lowest BCUT2D eigenvalue weighted by molar-refractivity contribution is -0.141. The Morgan fingerprint density at radius 2 is 1.58 bits per heavy atom. The van der Waals surface area contributed by atoms with E-state index in [1.54, 1.807) is 29.2 Å². The van der Waals surface area contributed by atoms with Gasteiger partial charge in [-0.2, -0.15) is 0 Å². The van der Waals surface area contributed by atoms with Crippen molar-refractivity contribution in [2.45, 2.75) is 70.0 Å². The average molecular weight is 689 g/mol. The molecule has 230 valence electrons. The molecule has 0 aromatic heterocycles. The van der Waals surface area contributed by atoms with Crippen LogP contribution >= 0.6 is 27.5 Å². The molecule has 0 spiro atoms. The second-order valence-corrected chi connectivity index (χ2v) is 14.4. The molecule has 3 aromatic rings. The highest BCUT2D eigenvalue weighted by Gasteiger charge is 2.32. The van der Waals surface area contributed by atoms with Crippen LogP contribution in [0.1, 0.15) is 56.1 Å². The van der Waals surface area contributed by atoms with E-state index in [4.69, 9.17) is 11.6 Å². The molecule has 1 fully saturated rings. The third-order valence-corrected chi connectivity index (χ3v) is 9.73. The lowest BCUT2D eigenvalue weighted by Crippen LogP contribution is -2.52. The van der Waals surface area contributed by atoms with Gasteiger partial charge in [-0.15, -0.1) is 0 Å². The fourth-order valence-corrected chi connectivity index (χ4v) is 6.85. The van der Waals surface area contributed by atoms with E-state index in [1.807, 2.05) is 54.6 Å². The van der Waals surface area contributed by atoms with Gasteiger partial charge in [0.05, 0.1) is 11.9 Å². The normalized spacial score (nSPS) is 14.6. The maximum absolute atomic E-state index is 14.0. The molecular formula is C33H39BrClN3O4S. The standard InChI is InChI=1S/C33H39BrClN3O4S/c1-43(41,42)38(30-20-18-28(35)19-21-30)22-8-13-32(39)37(24-26-14-16-27(34)17-15-26)31(23-25-9-4-2-5-10-25)33(40)36-29-11-6-3-7-12-29/h2,4-5,9-10,14-21,29,31H,3,6-8,11-13,22-24H2,1H3,(H,36,40)/t31-/m1/s1. The second kappa shape index (κ2) is 15.7. The van der Waals surface area contributed by atoms with Gasteiger partial charge in [-0.05, 0) is 66.8 Å². The summed E-state index contributed by atoms with van der Waals surface area (Å²) < 4.78 is 27.5. The zero-order valence-electron chi connectivity index (χ0n) is 24.4. The lowest BCUT2D eigenvalue weighted by atomic mass is 9.94. The number of hydrogen-bond acceptors (Lipinski definition) is 4. The minimum Gasteiger partial charge on any atom is -0.352 e. The number of carbonyl (C=O) groups excluding carboxylic acids is 2. The van der Waals surface area contributed by atoms with E-state index < -0.39 is 16.1 Å². The maximum atomic E-state index is 14.0. The molecule has 1 N–H and O–H groups in total. The Hall–Kier alpha value is -2.88. The van der Waals surface area contributed by atoms with E-state index in [1.165, 1.54) is 10.7 Å². The monoisotopic (exact) mass is 687 g/mol. The SMILES string of the molecule is CS(=O)(=O)N(CCCC(=O)N(Cc1ccc(Br)cc1)[C@H](Cc1ccccc1)C(=O)NC1CCCCC1)c1ccc(Cl)cc1. The van der Waals surface area contributed by atoms with Crippen LogP contribution in [0.15, 0.2) is 83.3 Å². The van der Waals surface area contributed by atoms with Gasteiger partial charge in [0.25, 0.3) is 0 Å². The van der Waals surface area contributed by atoms with Crippen molar-refractivity contribution >= 4 is 55.1 Å². The molecular weight excluding hydrogens is 650 g/mol. The van der Waals surface area contributed by atoms with Crippen LogP contribution in [-0.2, 0) is 32.6 Å². The van der Waals surface area contributed by atoms with E-state index in [2.05, 4.69) is 21.2 Å².